The Hall–Kier alpha value is -1.70. The molecular formula is C10H13F3N4O. The molecule has 100 valence electrons. The Bertz CT molecular complexity index is 449. The first-order valence-corrected chi connectivity index (χ1v) is 5.06. The van der Waals surface area contributed by atoms with Crippen LogP contribution in [0.5, 0.6) is 0 Å². The maximum absolute atomic E-state index is 12.2. The Kier molecular flexibility index (Phi) is 3.90. The zero-order chi connectivity index (χ0) is 14.0. The lowest BCUT2D eigenvalue weighted by Gasteiger charge is -2.28. The van der Waals surface area contributed by atoms with Crippen LogP contribution >= 0.6 is 0 Å². The highest BCUT2D eigenvalue weighted by molar-refractivity contribution is 5.85. The summed E-state index contributed by atoms with van der Waals surface area (Å²) in [6, 6.07) is 0. The number of nitrogens with one attached hydrogen (secondary N) is 1. The Morgan fingerprint density at radius 3 is 2.39 bits per heavy atom. The van der Waals surface area contributed by atoms with Crippen LogP contribution in [0.4, 0.5) is 13.2 Å². The molecule has 1 unspecified atom stereocenters. The number of aromatic nitrogens is 2. The van der Waals surface area contributed by atoms with Crippen molar-refractivity contribution in [1.29, 1.82) is 0 Å². The van der Waals surface area contributed by atoms with Gasteiger partial charge in [0.15, 0.2) is 0 Å². The number of amides is 1. The quantitative estimate of drug-likeness (QED) is 0.834. The first kappa shape index (κ1) is 14.4. The van der Waals surface area contributed by atoms with Crippen LogP contribution in [0.25, 0.3) is 0 Å². The van der Waals surface area contributed by atoms with Gasteiger partial charge in [0.2, 0.25) is 5.91 Å². The molecule has 1 atom stereocenters. The molecule has 5 nitrogen and oxygen atoms in total. The molecule has 1 amide bonds. The first-order valence-electron chi connectivity index (χ1n) is 5.06. The number of carbonyl (C=O) groups is 1. The van der Waals surface area contributed by atoms with E-state index >= 15 is 0 Å². The molecule has 8 heteroatoms. The van der Waals surface area contributed by atoms with Crippen molar-refractivity contribution in [3.8, 4) is 0 Å². The van der Waals surface area contributed by atoms with E-state index in [-0.39, 0.29) is 5.69 Å². The lowest BCUT2D eigenvalue weighted by atomic mass is 9.95. The van der Waals surface area contributed by atoms with Crippen LogP contribution in [0.1, 0.15) is 18.3 Å². The number of primary amides is 1. The number of halogens is 3. The molecule has 1 aromatic heterocycles. The fourth-order valence-corrected chi connectivity index (χ4v) is 1.46. The van der Waals surface area contributed by atoms with Crippen molar-refractivity contribution >= 4 is 5.91 Å². The lowest BCUT2D eigenvalue weighted by molar-refractivity contribution is -0.136. The fourth-order valence-electron chi connectivity index (χ4n) is 1.46. The van der Waals surface area contributed by atoms with E-state index in [1.165, 1.54) is 19.3 Å². The Balaban J connectivity index is 3.09. The van der Waals surface area contributed by atoms with Gasteiger partial charge in [0, 0.05) is 12.4 Å². The summed E-state index contributed by atoms with van der Waals surface area (Å²) in [5.41, 5.74) is 3.88. The van der Waals surface area contributed by atoms with E-state index in [4.69, 9.17) is 5.73 Å². The minimum atomic E-state index is -4.45. The summed E-state index contributed by atoms with van der Waals surface area (Å²) in [5.74, 6) is -0.949. The molecule has 18 heavy (non-hydrogen) atoms. The third-order valence-electron chi connectivity index (χ3n) is 2.49. The van der Waals surface area contributed by atoms with Gasteiger partial charge in [-0.05, 0) is 13.8 Å². The predicted octanol–water partition coefficient (Wildman–Crippen LogP) is 0.637. The average Bonchev–Trinajstić information content (AvgIpc) is 2.25. The van der Waals surface area contributed by atoms with Gasteiger partial charge in [0.1, 0.15) is 5.54 Å². The van der Waals surface area contributed by atoms with Crippen molar-refractivity contribution in [2.24, 2.45) is 5.73 Å². The van der Waals surface area contributed by atoms with E-state index in [2.05, 4.69) is 15.3 Å². The number of nitrogens with zero attached hydrogens (tertiary/aromatic N) is 2. The maximum atomic E-state index is 12.2. The van der Waals surface area contributed by atoms with Gasteiger partial charge in [-0.15, -0.1) is 0 Å². The fraction of sp³-hybridized carbons (Fsp3) is 0.500. The van der Waals surface area contributed by atoms with Crippen molar-refractivity contribution in [3.63, 3.8) is 0 Å². The molecule has 0 bridgehead atoms. The monoisotopic (exact) mass is 262 g/mol. The molecule has 0 aliphatic carbocycles. The van der Waals surface area contributed by atoms with E-state index < -0.39 is 24.2 Å². The van der Waals surface area contributed by atoms with Crippen molar-refractivity contribution in [2.45, 2.75) is 25.6 Å². The van der Waals surface area contributed by atoms with E-state index in [0.29, 0.717) is 5.69 Å². The summed E-state index contributed by atoms with van der Waals surface area (Å²) in [7, 11) is 0. The second-order valence-electron chi connectivity index (χ2n) is 3.95. The molecule has 1 rings (SSSR count). The highest BCUT2D eigenvalue weighted by atomic mass is 19.4. The van der Waals surface area contributed by atoms with Crippen LogP contribution in [0, 0.1) is 6.92 Å². The Labute approximate surface area is 102 Å². The summed E-state index contributed by atoms with van der Waals surface area (Å²) in [4.78, 5) is 19.2. The van der Waals surface area contributed by atoms with E-state index in [1.54, 1.807) is 6.92 Å². The topological polar surface area (TPSA) is 80.9 Å². The van der Waals surface area contributed by atoms with Gasteiger partial charge >= 0.3 is 6.18 Å². The van der Waals surface area contributed by atoms with Gasteiger partial charge < -0.3 is 5.73 Å². The molecular weight excluding hydrogens is 249 g/mol. The number of nitrogens with two attached hydrogens (primary N) is 1. The number of carbonyl (C=O) groups excluding carboxylic acids is 1. The largest absolute Gasteiger partial charge is 0.401 e. The van der Waals surface area contributed by atoms with Crippen molar-refractivity contribution in [3.05, 3.63) is 23.8 Å². The van der Waals surface area contributed by atoms with Gasteiger partial charge in [0.05, 0.1) is 17.9 Å². The number of hydrogen-bond donors (Lipinski definition) is 2. The smallest absolute Gasteiger partial charge is 0.368 e. The van der Waals surface area contributed by atoms with Crippen molar-refractivity contribution in [2.75, 3.05) is 6.54 Å². The number of hydrogen-bond acceptors (Lipinski definition) is 4. The second-order valence-corrected chi connectivity index (χ2v) is 3.95. The highest BCUT2D eigenvalue weighted by Gasteiger charge is 2.40. The molecule has 0 spiro atoms. The van der Waals surface area contributed by atoms with Crippen LogP contribution in [-0.4, -0.2) is 28.6 Å². The van der Waals surface area contributed by atoms with E-state index in [1.807, 2.05) is 0 Å². The van der Waals surface area contributed by atoms with Crippen molar-refractivity contribution in [1.82, 2.24) is 15.3 Å². The number of alkyl halides is 3. The number of rotatable bonds is 4. The second kappa shape index (κ2) is 4.89. The zero-order valence-corrected chi connectivity index (χ0v) is 9.88. The summed E-state index contributed by atoms with van der Waals surface area (Å²) in [5, 5.41) is 2.09. The summed E-state index contributed by atoms with van der Waals surface area (Å²) >= 11 is 0. The Morgan fingerprint density at radius 1 is 1.39 bits per heavy atom. The summed E-state index contributed by atoms with van der Waals surface area (Å²) < 4.78 is 36.6. The lowest BCUT2D eigenvalue weighted by Crippen LogP contribution is -2.53. The Morgan fingerprint density at radius 2 is 1.94 bits per heavy atom. The van der Waals surface area contributed by atoms with Gasteiger partial charge in [-0.2, -0.15) is 13.2 Å². The average molecular weight is 262 g/mol. The normalized spacial score (nSPS) is 15.2. The van der Waals surface area contributed by atoms with Crippen LogP contribution < -0.4 is 11.1 Å². The number of aryl methyl sites for hydroxylation is 1. The highest BCUT2D eigenvalue weighted by Crippen LogP contribution is 2.22. The molecule has 0 fully saturated rings. The van der Waals surface area contributed by atoms with Gasteiger partial charge in [0.25, 0.3) is 0 Å². The molecule has 0 aliphatic heterocycles. The van der Waals surface area contributed by atoms with Gasteiger partial charge in [-0.3, -0.25) is 20.1 Å². The van der Waals surface area contributed by atoms with Gasteiger partial charge in [-0.1, -0.05) is 0 Å². The van der Waals surface area contributed by atoms with Crippen LogP contribution in [0.3, 0.4) is 0 Å². The van der Waals surface area contributed by atoms with Gasteiger partial charge in [-0.25, -0.2) is 0 Å². The molecule has 0 aliphatic rings. The first-order chi connectivity index (χ1) is 8.17. The molecule has 3 N–H and O–H groups in total. The third kappa shape index (κ3) is 3.16. The van der Waals surface area contributed by atoms with Crippen LogP contribution in [0.15, 0.2) is 12.4 Å². The third-order valence-corrected chi connectivity index (χ3v) is 2.49. The van der Waals surface area contributed by atoms with Crippen LogP contribution in [0.2, 0.25) is 0 Å². The molecule has 0 saturated heterocycles. The van der Waals surface area contributed by atoms with E-state index in [9.17, 15) is 18.0 Å². The molecule has 1 heterocycles. The minimum absolute atomic E-state index is 0.0850. The standard InChI is InChI=1S/C10H13F3N4O/c1-6-7(16-4-3-15-6)9(2,8(14)18)17-5-10(11,12)13/h3-4,17H,5H2,1-2H3,(H2,14,18). The minimum Gasteiger partial charge on any atom is -0.368 e. The zero-order valence-electron chi connectivity index (χ0n) is 9.88. The summed E-state index contributed by atoms with van der Waals surface area (Å²) in [6.07, 6.45) is -1.78. The molecule has 1 aromatic rings. The molecule has 0 saturated carbocycles. The molecule has 0 radical (unpaired) electrons. The molecule has 0 aromatic carbocycles. The summed E-state index contributed by atoms with van der Waals surface area (Å²) in [6.45, 7) is 1.44. The maximum Gasteiger partial charge on any atom is 0.401 e. The van der Waals surface area contributed by atoms with Crippen molar-refractivity contribution < 1.29 is 18.0 Å². The SMILES string of the molecule is Cc1nccnc1C(C)(NCC(F)(F)F)C(N)=O. The van der Waals surface area contributed by atoms with E-state index in [0.717, 1.165) is 0 Å². The van der Waals surface area contributed by atoms with Crippen LogP contribution in [-0.2, 0) is 10.3 Å². The predicted molar refractivity (Wildman–Crippen MR) is 57.4 cm³/mol.